The number of nitrogens with zero attached hydrogens (tertiary/aromatic N) is 1. The number of benzene rings is 1. The van der Waals surface area contributed by atoms with Gasteiger partial charge in [0.2, 0.25) is 0 Å². The number of carbonyl (C=O) groups excluding carboxylic acids is 1. The lowest BCUT2D eigenvalue weighted by Gasteiger charge is -2.33. The number of likely N-dealkylation sites (tertiary alicyclic amines) is 1. The molecule has 1 saturated heterocycles. The van der Waals surface area contributed by atoms with E-state index in [1.54, 1.807) is 14.2 Å². The Balaban J connectivity index is 0.00000167. The average Bonchev–Trinajstić information content (AvgIpc) is 2.85. The van der Waals surface area contributed by atoms with Gasteiger partial charge in [-0.3, -0.25) is 4.90 Å². The van der Waals surface area contributed by atoms with E-state index in [1.807, 2.05) is 20.8 Å². The number of rotatable bonds is 8. The molecule has 7 nitrogen and oxygen atoms in total. The van der Waals surface area contributed by atoms with Crippen LogP contribution in [0, 0.1) is 0 Å². The number of amides is 1. The van der Waals surface area contributed by atoms with Crippen LogP contribution in [-0.4, -0.2) is 57.5 Å². The molecule has 2 heterocycles. The summed E-state index contributed by atoms with van der Waals surface area (Å²) >= 11 is 0. The number of piperidine rings is 1. The molecule has 2 N–H and O–H groups in total. The monoisotopic (exact) mass is 485 g/mol. The van der Waals surface area contributed by atoms with Gasteiger partial charge in [0, 0.05) is 31.2 Å². The van der Waals surface area contributed by atoms with Gasteiger partial charge in [-0.05, 0) is 74.1 Å². The summed E-state index contributed by atoms with van der Waals surface area (Å²) in [4.78, 5) is 14.1. The van der Waals surface area contributed by atoms with Crippen LogP contribution in [0.4, 0.5) is 4.79 Å². The lowest BCUT2D eigenvalue weighted by atomic mass is 9.78. The Labute approximate surface area is 210 Å². The van der Waals surface area contributed by atoms with E-state index in [9.17, 15) is 4.79 Å². The summed E-state index contributed by atoms with van der Waals surface area (Å²) < 4.78 is 16.4. The highest BCUT2D eigenvalue weighted by molar-refractivity contribution is 5.67. The molecular formula is C28H43N3O4. The molecule has 0 aromatic heterocycles. The summed E-state index contributed by atoms with van der Waals surface area (Å²) in [6.45, 7) is 9.06. The van der Waals surface area contributed by atoms with Gasteiger partial charge in [0.05, 0.1) is 26.9 Å². The van der Waals surface area contributed by atoms with Gasteiger partial charge in [0.1, 0.15) is 0 Å². The minimum atomic E-state index is -0.307. The van der Waals surface area contributed by atoms with E-state index in [-0.39, 0.29) is 18.2 Å². The number of ether oxygens (including phenoxy) is 3. The van der Waals surface area contributed by atoms with Gasteiger partial charge < -0.3 is 24.8 Å². The standard InChI is InChI=1S/C26H37N3O4.C2H6/c1-4-33-26(30)28-21-9-12-29(13-10-21)17-18-8-11-27-23(14-18)20-15-22(19-6-5-7-19)25(32-3)24(16-20)31-2;1-2/h8,11,14-16,19,21,23,27H,4-7,9-10,12-13,17H2,1-3H3,(H,28,30);1-2H3. The van der Waals surface area contributed by atoms with Crippen LogP contribution in [0.3, 0.4) is 0 Å². The second-order valence-corrected chi connectivity index (χ2v) is 9.11. The smallest absolute Gasteiger partial charge is 0.407 e. The van der Waals surface area contributed by atoms with E-state index in [1.165, 1.54) is 36.0 Å². The highest BCUT2D eigenvalue weighted by Crippen LogP contribution is 2.46. The Morgan fingerprint density at radius 3 is 2.46 bits per heavy atom. The summed E-state index contributed by atoms with van der Waals surface area (Å²) in [5.41, 5.74) is 3.77. The van der Waals surface area contributed by atoms with Crippen molar-refractivity contribution in [2.24, 2.45) is 0 Å². The fourth-order valence-corrected chi connectivity index (χ4v) is 4.93. The maximum Gasteiger partial charge on any atom is 0.407 e. The van der Waals surface area contributed by atoms with Gasteiger partial charge in [0.25, 0.3) is 0 Å². The number of nitrogens with one attached hydrogen (secondary N) is 2. The van der Waals surface area contributed by atoms with Gasteiger partial charge in [-0.25, -0.2) is 4.79 Å². The predicted octanol–water partition coefficient (Wildman–Crippen LogP) is 5.29. The Hall–Kier alpha value is -2.67. The Morgan fingerprint density at radius 2 is 1.86 bits per heavy atom. The summed E-state index contributed by atoms with van der Waals surface area (Å²) in [5.74, 6) is 2.24. The Bertz CT molecular complexity index is 886. The first kappa shape index (κ1) is 26.9. The lowest BCUT2D eigenvalue weighted by Crippen LogP contribution is -2.45. The summed E-state index contributed by atoms with van der Waals surface area (Å²) in [7, 11) is 3.44. The molecule has 1 unspecified atom stereocenters. The number of hydrogen-bond acceptors (Lipinski definition) is 6. The zero-order chi connectivity index (χ0) is 25.2. The zero-order valence-corrected chi connectivity index (χ0v) is 22.1. The van der Waals surface area contributed by atoms with Gasteiger partial charge in [0.15, 0.2) is 11.5 Å². The Morgan fingerprint density at radius 1 is 1.11 bits per heavy atom. The van der Waals surface area contributed by atoms with E-state index in [2.05, 4.69) is 46.0 Å². The molecule has 1 aliphatic carbocycles. The molecule has 3 aliphatic rings. The van der Waals surface area contributed by atoms with Gasteiger partial charge in [-0.2, -0.15) is 0 Å². The second-order valence-electron chi connectivity index (χ2n) is 9.11. The molecule has 0 radical (unpaired) electrons. The van der Waals surface area contributed by atoms with Crippen LogP contribution in [0.1, 0.15) is 76.0 Å². The molecule has 2 aliphatic heterocycles. The van der Waals surface area contributed by atoms with Crippen LogP contribution >= 0.6 is 0 Å². The molecular weight excluding hydrogens is 442 g/mol. The lowest BCUT2D eigenvalue weighted by molar-refractivity contribution is 0.138. The fraction of sp³-hybridized carbons (Fsp3) is 0.607. The quantitative estimate of drug-likeness (QED) is 0.521. The molecule has 7 heteroatoms. The van der Waals surface area contributed by atoms with Crippen molar-refractivity contribution < 1.29 is 19.0 Å². The summed E-state index contributed by atoms with van der Waals surface area (Å²) in [6, 6.07) is 4.69. The molecule has 4 rings (SSSR count). The third-order valence-corrected chi connectivity index (χ3v) is 6.98. The minimum absolute atomic E-state index is 0.103. The van der Waals surface area contributed by atoms with Crippen molar-refractivity contribution in [2.45, 2.75) is 70.9 Å². The number of methoxy groups -OCH3 is 2. The normalized spacial score (nSPS) is 20.5. The van der Waals surface area contributed by atoms with Crippen molar-refractivity contribution in [2.75, 3.05) is 40.5 Å². The second kappa shape index (κ2) is 13.4. The number of alkyl carbamates (subject to hydrolysis) is 1. The molecule has 2 fully saturated rings. The average molecular weight is 486 g/mol. The van der Waals surface area contributed by atoms with Gasteiger partial charge in [-0.15, -0.1) is 0 Å². The SMILES string of the molecule is CC.CCOC(=O)NC1CCN(CC2=CC(c3cc(OC)c(OC)c(C4CCC4)c3)NC=C2)CC1. The molecule has 194 valence electrons. The van der Waals surface area contributed by atoms with E-state index < -0.39 is 0 Å². The van der Waals surface area contributed by atoms with Crippen LogP contribution in [0.2, 0.25) is 0 Å². The van der Waals surface area contributed by atoms with E-state index >= 15 is 0 Å². The summed E-state index contributed by atoms with van der Waals surface area (Å²) in [5, 5.41) is 6.47. The van der Waals surface area contributed by atoms with Crippen molar-refractivity contribution in [3.05, 3.63) is 47.2 Å². The van der Waals surface area contributed by atoms with Crippen LogP contribution < -0.4 is 20.1 Å². The van der Waals surface area contributed by atoms with E-state index in [0.29, 0.717) is 12.5 Å². The van der Waals surface area contributed by atoms with Crippen molar-refractivity contribution >= 4 is 6.09 Å². The largest absolute Gasteiger partial charge is 0.493 e. The number of carbonyl (C=O) groups is 1. The third kappa shape index (κ3) is 6.94. The van der Waals surface area contributed by atoms with Crippen molar-refractivity contribution in [1.82, 2.24) is 15.5 Å². The highest BCUT2D eigenvalue weighted by Gasteiger charge is 2.27. The molecule has 1 amide bonds. The number of dihydropyridines is 1. The molecule has 1 aromatic carbocycles. The first-order valence-electron chi connectivity index (χ1n) is 13.2. The van der Waals surface area contributed by atoms with Gasteiger partial charge in [-0.1, -0.05) is 26.3 Å². The zero-order valence-electron chi connectivity index (χ0n) is 22.1. The van der Waals surface area contributed by atoms with Crippen LogP contribution in [0.15, 0.2) is 36.1 Å². The molecule has 35 heavy (non-hydrogen) atoms. The van der Waals surface area contributed by atoms with Crippen LogP contribution in [-0.2, 0) is 4.74 Å². The molecule has 0 spiro atoms. The summed E-state index contributed by atoms with van der Waals surface area (Å²) in [6.07, 6.45) is 11.8. The molecule has 0 bridgehead atoms. The maximum atomic E-state index is 11.7. The molecule has 1 atom stereocenters. The topological polar surface area (TPSA) is 72.1 Å². The Kier molecular flexibility index (Phi) is 10.3. The highest BCUT2D eigenvalue weighted by atomic mass is 16.5. The first-order valence-corrected chi connectivity index (χ1v) is 13.2. The maximum absolute atomic E-state index is 11.7. The van der Waals surface area contributed by atoms with Crippen LogP contribution in [0.25, 0.3) is 0 Å². The third-order valence-electron chi connectivity index (χ3n) is 6.98. The predicted molar refractivity (Wildman–Crippen MR) is 140 cm³/mol. The van der Waals surface area contributed by atoms with E-state index in [4.69, 9.17) is 14.2 Å². The first-order chi connectivity index (χ1) is 17.1. The van der Waals surface area contributed by atoms with Crippen molar-refractivity contribution in [3.8, 4) is 11.5 Å². The number of hydrogen-bond donors (Lipinski definition) is 2. The van der Waals surface area contributed by atoms with Gasteiger partial charge >= 0.3 is 6.09 Å². The van der Waals surface area contributed by atoms with Crippen LogP contribution in [0.5, 0.6) is 11.5 Å². The minimum Gasteiger partial charge on any atom is -0.493 e. The van der Waals surface area contributed by atoms with Crippen molar-refractivity contribution in [3.63, 3.8) is 0 Å². The fourth-order valence-electron chi connectivity index (χ4n) is 4.93. The molecule has 1 aromatic rings. The molecule has 1 saturated carbocycles. The van der Waals surface area contributed by atoms with E-state index in [0.717, 1.165) is 44.0 Å². The van der Waals surface area contributed by atoms with Crippen molar-refractivity contribution in [1.29, 1.82) is 0 Å².